The van der Waals surface area contributed by atoms with Crippen molar-refractivity contribution in [2.45, 2.75) is 39.8 Å². The fraction of sp³-hybridized carbons (Fsp3) is 0.308. The number of methoxy groups -OCH3 is 1. The van der Waals surface area contributed by atoms with E-state index in [9.17, 15) is 14.9 Å². The van der Waals surface area contributed by atoms with Crippen molar-refractivity contribution in [2.75, 3.05) is 13.7 Å². The minimum absolute atomic E-state index is 0.123. The molecule has 0 saturated carbocycles. The van der Waals surface area contributed by atoms with E-state index < -0.39 is 0 Å². The van der Waals surface area contributed by atoms with E-state index in [0.717, 1.165) is 28.7 Å². The molecule has 0 saturated heterocycles. The number of hydrogen-bond acceptors (Lipinski definition) is 7. The molecule has 180 valence electrons. The van der Waals surface area contributed by atoms with Crippen molar-refractivity contribution in [1.82, 2.24) is 14.3 Å². The van der Waals surface area contributed by atoms with Gasteiger partial charge in [0.05, 0.1) is 54.3 Å². The number of ketones is 1. The van der Waals surface area contributed by atoms with Crippen LogP contribution >= 0.6 is 11.3 Å². The molecule has 0 spiro atoms. The lowest BCUT2D eigenvalue weighted by molar-refractivity contribution is 0.101. The normalized spacial score (nSPS) is 10.9. The van der Waals surface area contributed by atoms with Gasteiger partial charge in [0.15, 0.2) is 11.5 Å². The van der Waals surface area contributed by atoms with E-state index in [-0.39, 0.29) is 17.1 Å². The second kappa shape index (κ2) is 10.6. The summed E-state index contributed by atoms with van der Waals surface area (Å²) in [7, 11) is 1.53. The minimum Gasteiger partial charge on any atom is -0.495 e. The maximum Gasteiger partial charge on any atom is 0.294 e. The number of thiophene rings is 1. The van der Waals surface area contributed by atoms with Crippen molar-refractivity contribution in [3.63, 3.8) is 0 Å². The Morgan fingerprint density at radius 1 is 1.23 bits per heavy atom. The second-order valence-electron chi connectivity index (χ2n) is 8.18. The molecule has 0 aliphatic rings. The number of Topliss-reactive ketones (excluding diaryl/α,β-unsaturated/α-hetero) is 1. The monoisotopic (exact) mass is 490 g/mol. The van der Waals surface area contributed by atoms with Crippen molar-refractivity contribution < 1.29 is 14.3 Å². The summed E-state index contributed by atoms with van der Waals surface area (Å²) in [6.45, 7) is 4.67. The van der Waals surface area contributed by atoms with Crippen LogP contribution in [-0.4, -0.2) is 33.8 Å². The Balaban J connectivity index is 1.66. The number of hydrogen-bond donors (Lipinski definition) is 0. The first-order valence-corrected chi connectivity index (χ1v) is 12.2. The standard InChI is InChI=1S/C26H26N4O4S/c1-4-5-9-34-24-23(17(2)31)25-21(8-10-35-25)30(26(24)32)16-19-13-28-29(15-19)14-18-6-7-20(12-27)22(11-18)33-3/h6-8,10-11,13,15H,4-5,9,14,16H2,1-3H3. The zero-order valence-electron chi connectivity index (χ0n) is 19.9. The average molecular weight is 491 g/mol. The van der Waals surface area contributed by atoms with Gasteiger partial charge in [-0.2, -0.15) is 10.4 Å². The molecule has 0 aliphatic heterocycles. The van der Waals surface area contributed by atoms with E-state index in [1.165, 1.54) is 25.4 Å². The number of nitrogens with zero attached hydrogens (tertiary/aromatic N) is 4. The molecule has 0 radical (unpaired) electrons. The van der Waals surface area contributed by atoms with Crippen LogP contribution < -0.4 is 15.0 Å². The molecule has 0 bridgehead atoms. The Kier molecular flexibility index (Phi) is 7.32. The van der Waals surface area contributed by atoms with Gasteiger partial charge in [0.1, 0.15) is 11.8 Å². The fourth-order valence-electron chi connectivity index (χ4n) is 3.94. The molecule has 1 aromatic carbocycles. The zero-order chi connectivity index (χ0) is 24.9. The molecular formula is C26H26N4O4S. The summed E-state index contributed by atoms with van der Waals surface area (Å²) < 4.78 is 15.3. The average Bonchev–Trinajstić information content (AvgIpc) is 3.50. The van der Waals surface area contributed by atoms with Crippen LogP contribution in [0.5, 0.6) is 11.5 Å². The molecule has 0 aliphatic carbocycles. The molecule has 35 heavy (non-hydrogen) atoms. The number of pyridine rings is 1. The predicted molar refractivity (Wildman–Crippen MR) is 135 cm³/mol. The molecule has 0 unspecified atom stereocenters. The lowest BCUT2D eigenvalue weighted by atomic mass is 10.1. The van der Waals surface area contributed by atoms with Crippen LogP contribution in [-0.2, 0) is 13.1 Å². The number of unbranched alkanes of at least 4 members (excludes halogenated alkanes) is 1. The van der Waals surface area contributed by atoms with E-state index in [4.69, 9.17) is 9.47 Å². The Hall–Kier alpha value is -3.90. The molecule has 0 fully saturated rings. The molecular weight excluding hydrogens is 464 g/mol. The number of nitriles is 1. The van der Waals surface area contributed by atoms with Crippen molar-refractivity contribution in [3.05, 3.63) is 74.6 Å². The first kappa shape index (κ1) is 24.2. The predicted octanol–water partition coefficient (Wildman–Crippen LogP) is 4.62. The zero-order valence-corrected chi connectivity index (χ0v) is 20.7. The lowest BCUT2D eigenvalue weighted by Crippen LogP contribution is -2.25. The number of benzene rings is 1. The van der Waals surface area contributed by atoms with Crippen LogP contribution in [0.3, 0.4) is 0 Å². The van der Waals surface area contributed by atoms with Crippen molar-refractivity contribution in [1.29, 1.82) is 5.26 Å². The highest BCUT2D eigenvalue weighted by molar-refractivity contribution is 7.17. The van der Waals surface area contributed by atoms with Gasteiger partial charge in [-0.05, 0) is 42.5 Å². The Bertz CT molecular complexity index is 1480. The number of aromatic nitrogens is 3. The number of fused-ring (bicyclic) bond motifs is 1. The second-order valence-corrected chi connectivity index (χ2v) is 9.10. The summed E-state index contributed by atoms with van der Waals surface area (Å²) >= 11 is 1.43. The van der Waals surface area contributed by atoms with Gasteiger partial charge in [0, 0.05) is 11.8 Å². The summed E-state index contributed by atoms with van der Waals surface area (Å²) in [4.78, 5) is 25.9. The maximum absolute atomic E-state index is 13.5. The third kappa shape index (κ3) is 4.98. The first-order chi connectivity index (χ1) is 17.0. The highest BCUT2D eigenvalue weighted by atomic mass is 32.1. The van der Waals surface area contributed by atoms with E-state index in [2.05, 4.69) is 11.2 Å². The fourth-order valence-corrected chi connectivity index (χ4v) is 4.93. The van der Waals surface area contributed by atoms with Gasteiger partial charge in [0.2, 0.25) is 0 Å². The number of carbonyl (C=O) groups excluding carboxylic acids is 1. The van der Waals surface area contributed by atoms with Crippen LogP contribution in [0.2, 0.25) is 0 Å². The van der Waals surface area contributed by atoms with Gasteiger partial charge < -0.3 is 9.47 Å². The molecule has 8 nitrogen and oxygen atoms in total. The van der Waals surface area contributed by atoms with Crippen molar-refractivity contribution in [3.8, 4) is 17.6 Å². The summed E-state index contributed by atoms with van der Waals surface area (Å²) in [6.07, 6.45) is 5.33. The lowest BCUT2D eigenvalue weighted by Gasteiger charge is -2.14. The molecule has 9 heteroatoms. The van der Waals surface area contributed by atoms with E-state index in [1.54, 1.807) is 21.5 Å². The quantitative estimate of drug-likeness (QED) is 0.238. The number of ether oxygens (including phenoxy) is 2. The van der Waals surface area contributed by atoms with Crippen molar-refractivity contribution in [2.24, 2.45) is 0 Å². The van der Waals surface area contributed by atoms with E-state index in [1.807, 2.05) is 36.7 Å². The minimum atomic E-state index is -0.318. The molecule has 3 aromatic heterocycles. The topological polar surface area (TPSA) is 99.1 Å². The first-order valence-electron chi connectivity index (χ1n) is 11.3. The van der Waals surface area contributed by atoms with E-state index in [0.29, 0.717) is 42.1 Å². The summed E-state index contributed by atoms with van der Waals surface area (Å²) in [5.41, 5.74) is 3.00. The maximum atomic E-state index is 13.5. The molecule has 0 amide bonds. The van der Waals surface area contributed by atoms with Crippen LogP contribution in [0.25, 0.3) is 10.2 Å². The van der Waals surface area contributed by atoms with Crippen LogP contribution in [0.1, 0.15) is 53.7 Å². The SMILES string of the molecule is CCCCOc1c(C(C)=O)c2sccc2n(Cc2cnn(Cc3ccc(C#N)c(OC)c3)c2)c1=O. The van der Waals surface area contributed by atoms with Gasteiger partial charge in [-0.25, -0.2) is 0 Å². The number of rotatable bonds is 10. The Labute approximate surface area is 206 Å². The molecule has 4 aromatic rings. The Morgan fingerprint density at radius 3 is 2.77 bits per heavy atom. The van der Waals surface area contributed by atoms with Crippen LogP contribution in [0.15, 0.2) is 46.8 Å². The Morgan fingerprint density at radius 2 is 2.06 bits per heavy atom. The summed E-state index contributed by atoms with van der Waals surface area (Å²) in [5, 5.41) is 15.5. The molecule has 3 heterocycles. The molecule has 0 N–H and O–H groups in total. The smallest absolute Gasteiger partial charge is 0.294 e. The molecule has 0 atom stereocenters. The van der Waals surface area contributed by atoms with Crippen LogP contribution in [0, 0.1) is 11.3 Å². The largest absolute Gasteiger partial charge is 0.495 e. The van der Waals surface area contributed by atoms with Crippen molar-refractivity contribution >= 4 is 27.3 Å². The van der Waals surface area contributed by atoms with Gasteiger partial charge in [-0.3, -0.25) is 18.8 Å². The number of carbonyl (C=O) groups is 1. The summed E-state index contributed by atoms with van der Waals surface area (Å²) in [6, 6.07) is 9.37. The van der Waals surface area contributed by atoms with Gasteiger partial charge >= 0.3 is 0 Å². The third-order valence-corrected chi connectivity index (χ3v) is 6.60. The highest BCUT2D eigenvalue weighted by Gasteiger charge is 2.22. The molecule has 4 rings (SSSR count). The summed E-state index contributed by atoms with van der Waals surface area (Å²) in [5.74, 6) is 0.460. The van der Waals surface area contributed by atoms with Crippen LogP contribution in [0.4, 0.5) is 0 Å². The van der Waals surface area contributed by atoms with E-state index >= 15 is 0 Å². The highest BCUT2D eigenvalue weighted by Crippen LogP contribution is 2.30. The third-order valence-electron chi connectivity index (χ3n) is 5.68. The van der Waals surface area contributed by atoms with Gasteiger partial charge in [-0.1, -0.05) is 19.4 Å². The van der Waals surface area contributed by atoms with Gasteiger partial charge in [0.25, 0.3) is 5.56 Å². The van der Waals surface area contributed by atoms with Gasteiger partial charge in [-0.15, -0.1) is 11.3 Å².